The van der Waals surface area contributed by atoms with Gasteiger partial charge in [-0.2, -0.15) is 0 Å². The number of rotatable bonds is 3. The van der Waals surface area contributed by atoms with E-state index in [0.29, 0.717) is 12.1 Å². The molecule has 1 saturated heterocycles. The molecule has 0 amide bonds. The lowest BCUT2D eigenvalue weighted by atomic mass is 10.2. The fourth-order valence-corrected chi connectivity index (χ4v) is 1.67. The van der Waals surface area contributed by atoms with Crippen molar-refractivity contribution < 1.29 is 4.74 Å². The number of hydrogen-bond donors (Lipinski definition) is 1. The Hall–Kier alpha value is -0.120. The number of nitrogens with zero attached hydrogens (tertiary/aromatic N) is 1. The molecule has 1 aliphatic heterocycles. The van der Waals surface area contributed by atoms with Crippen LogP contribution in [0.5, 0.6) is 0 Å². The van der Waals surface area contributed by atoms with Crippen molar-refractivity contribution in [2.45, 2.75) is 18.6 Å². The molecule has 3 heteroatoms. The topological polar surface area (TPSA) is 24.5 Å². The molecule has 1 heterocycles. The van der Waals surface area contributed by atoms with E-state index in [0.717, 1.165) is 19.5 Å². The summed E-state index contributed by atoms with van der Waals surface area (Å²) >= 11 is 0. The second kappa shape index (κ2) is 4.04. The van der Waals surface area contributed by atoms with Crippen LogP contribution in [0.25, 0.3) is 0 Å². The molecule has 2 atom stereocenters. The van der Waals surface area contributed by atoms with Gasteiger partial charge < -0.3 is 10.1 Å². The van der Waals surface area contributed by atoms with Crippen molar-refractivity contribution in [1.29, 1.82) is 0 Å². The summed E-state index contributed by atoms with van der Waals surface area (Å²) in [4.78, 5) is 2.35. The molecule has 0 radical (unpaired) electrons. The number of hydrogen-bond acceptors (Lipinski definition) is 3. The minimum absolute atomic E-state index is 0.443. The molecule has 1 fully saturated rings. The quantitative estimate of drug-likeness (QED) is 0.622. The number of likely N-dealkylation sites (N-methyl/N-ethyl adjacent to an activating group) is 2. The lowest BCUT2D eigenvalue weighted by molar-refractivity contribution is 0.111. The van der Waals surface area contributed by atoms with Crippen molar-refractivity contribution in [3.63, 3.8) is 0 Å². The molecule has 3 nitrogen and oxygen atoms in total. The Kier molecular flexibility index (Phi) is 3.30. The zero-order valence-corrected chi connectivity index (χ0v) is 7.63. The summed E-state index contributed by atoms with van der Waals surface area (Å²) in [6.07, 6.45) is 1.60. The van der Waals surface area contributed by atoms with E-state index in [9.17, 15) is 0 Å². The normalized spacial score (nSPS) is 33.0. The van der Waals surface area contributed by atoms with Crippen molar-refractivity contribution in [3.05, 3.63) is 0 Å². The molecule has 0 unspecified atom stereocenters. The van der Waals surface area contributed by atoms with Gasteiger partial charge in [-0.25, -0.2) is 0 Å². The van der Waals surface area contributed by atoms with Crippen LogP contribution in [0.3, 0.4) is 0 Å². The van der Waals surface area contributed by atoms with Gasteiger partial charge >= 0.3 is 0 Å². The average Bonchev–Trinajstić information content (AvgIpc) is 2.33. The standard InChI is InChI=1S/C8H18N2O/c1-9-5-7-4-8(11-3)6-10(7)2/h7-9H,4-6H2,1-3H3/t7-,8+/m1/s1. The van der Waals surface area contributed by atoms with E-state index in [1.165, 1.54) is 0 Å². The van der Waals surface area contributed by atoms with Crippen LogP contribution in [0.15, 0.2) is 0 Å². The van der Waals surface area contributed by atoms with Crippen molar-refractivity contribution in [1.82, 2.24) is 10.2 Å². The van der Waals surface area contributed by atoms with E-state index in [4.69, 9.17) is 4.74 Å². The molecule has 1 aliphatic rings. The van der Waals surface area contributed by atoms with Crippen molar-refractivity contribution in [3.8, 4) is 0 Å². The first-order chi connectivity index (χ1) is 5.27. The van der Waals surface area contributed by atoms with E-state index in [1.54, 1.807) is 7.11 Å². The second-order valence-electron chi connectivity index (χ2n) is 3.24. The molecule has 0 aromatic carbocycles. The Bertz CT molecular complexity index is 119. The van der Waals surface area contributed by atoms with Crippen LogP contribution in [0.2, 0.25) is 0 Å². The number of ether oxygens (including phenoxy) is 1. The van der Waals surface area contributed by atoms with Gasteiger partial charge in [0.25, 0.3) is 0 Å². The van der Waals surface area contributed by atoms with Crippen LogP contribution < -0.4 is 5.32 Å². The third-order valence-electron chi connectivity index (χ3n) is 2.42. The minimum atomic E-state index is 0.443. The molecule has 11 heavy (non-hydrogen) atoms. The maximum Gasteiger partial charge on any atom is 0.0713 e. The highest BCUT2D eigenvalue weighted by Crippen LogP contribution is 2.16. The molecule has 66 valence electrons. The predicted octanol–water partition coefficient (Wildman–Crippen LogP) is -0.0751. The summed E-state index contributed by atoms with van der Waals surface area (Å²) in [7, 11) is 5.94. The van der Waals surface area contributed by atoms with E-state index in [1.807, 2.05) is 7.05 Å². The van der Waals surface area contributed by atoms with E-state index in [-0.39, 0.29) is 0 Å². The van der Waals surface area contributed by atoms with Crippen LogP contribution in [0.4, 0.5) is 0 Å². The van der Waals surface area contributed by atoms with Crippen LogP contribution in [-0.4, -0.2) is 51.3 Å². The molecule has 0 saturated carbocycles. The summed E-state index contributed by atoms with van der Waals surface area (Å²) in [6.45, 7) is 2.14. The fraction of sp³-hybridized carbons (Fsp3) is 1.00. The van der Waals surface area contributed by atoms with Gasteiger partial charge in [-0.05, 0) is 20.5 Å². The number of likely N-dealkylation sites (tertiary alicyclic amines) is 1. The van der Waals surface area contributed by atoms with Crippen LogP contribution in [0.1, 0.15) is 6.42 Å². The predicted molar refractivity (Wildman–Crippen MR) is 45.8 cm³/mol. The summed E-state index contributed by atoms with van der Waals surface area (Å²) in [5.74, 6) is 0. The highest BCUT2D eigenvalue weighted by molar-refractivity contribution is 4.84. The van der Waals surface area contributed by atoms with E-state index < -0.39 is 0 Å². The van der Waals surface area contributed by atoms with Gasteiger partial charge in [0, 0.05) is 26.2 Å². The number of nitrogens with one attached hydrogen (secondary N) is 1. The average molecular weight is 158 g/mol. The van der Waals surface area contributed by atoms with Crippen LogP contribution in [0, 0.1) is 0 Å². The summed E-state index contributed by atoms with van der Waals surface area (Å²) in [5.41, 5.74) is 0. The molecule has 0 spiro atoms. The Labute approximate surface area is 68.7 Å². The summed E-state index contributed by atoms with van der Waals surface area (Å²) in [5, 5.41) is 3.19. The van der Waals surface area contributed by atoms with Crippen molar-refractivity contribution >= 4 is 0 Å². The van der Waals surface area contributed by atoms with Crippen LogP contribution in [-0.2, 0) is 4.74 Å². The molecule has 1 rings (SSSR count). The third-order valence-corrected chi connectivity index (χ3v) is 2.42. The fourth-order valence-electron chi connectivity index (χ4n) is 1.67. The Balaban J connectivity index is 2.32. The van der Waals surface area contributed by atoms with E-state index in [2.05, 4.69) is 17.3 Å². The molecule has 0 aromatic rings. The lowest BCUT2D eigenvalue weighted by Crippen LogP contribution is -2.33. The zero-order chi connectivity index (χ0) is 8.27. The van der Waals surface area contributed by atoms with Gasteiger partial charge in [-0.1, -0.05) is 0 Å². The van der Waals surface area contributed by atoms with Gasteiger partial charge in [0.15, 0.2) is 0 Å². The Morgan fingerprint density at radius 1 is 1.64 bits per heavy atom. The van der Waals surface area contributed by atoms with Crippen LogP contribution >= 0.6 is 0 Å². The van der Waals surface area contributed by atoms with Crippen molar-refractivity contribution in [2.24, 2.45) is 0 Å². The molecule has 1 N–H and O–H groups in total. The van der Waals surface area contributed by atoms with Gasteiger partial charge in [-0.15, -0.1) is 0 Å². The Morgan fingerprint density at radius 3 is 2.82 bits per heavy atom. The maximum atomic E-state index is 5.29. The van der Waals surface area contributed by atoms with E-state index >= 15 is 0 Å². The first-order valence-electron chi connectivity index (χ1n) is 4.15. The first-order valence-corrected chi connectivity index (χ1v) is 4.15. The summed E-state index contributed by atoms with van der Waals surface area (Å²) < 4.78 is 5.29. The second-order valence-corrected chi connectivity index (χ2v) is 3.24. The Morgan fingerprint density at radius 2 is 2.36 bits per heavy atom. The van der Waals surface area contributed by atoms with Crippen molar-refractivity contribution in [2.75, 3.05) is 34.3 Å². The molecule has 0 aliphatic carbocycles. The third kappa shape index (κ3) is 2.15. The van der Waals surface area contributed by atoms with Gasteiger partial charge in [0.2, 0.25) is 0 Å². The molecular weight excluding hydrogens is 140 g/mol. The highest BCUT2D eigenvalue weighted by Gasteiger charge is 2.28. The molecular formula is C8H18N2O. The summed E-state index contributed by atoms with van der Waals surface area (Å²) in [6, 6.07) is 0.657. The van der Waals surface area contributed by atoms with Gasteiger partial charge in [0.05, 0.1) is 6.10 Å². The smallest absolute Gasteiger partial charge is 0.0713 e. The monoisotopic (exact) mass is 158 g/mol. The van der Waals surface area contributed by atoms with Gasteiger partial charge in [-0.3, -0.25) is 4.90 Å². The largest absolute Gasteiger partial charge is 0.380 e. The molecule has 0 aromatic heterocycles. The van der Waals surface area contributed by atoms with Gasteiger partial charge in [0.1, 0.15) is 0 Å². The SMILES string of the molecule is CNC[C@H]1C[C@H](OC)CN1C. The maximum absolute atomic E-state index is 5.29. The molecule has 0 bridgehead atoms. The lowest BCUT2D eigenvalue weighted by Gasteiger charge is -2.17. The zero-order valence-electron chi connectivity index (χ0n) is 7.63. The number of methoxy groups -OCH3 is 1. The minimum Gasteiger partial charge on any atom is -0.380 e. The first kappa shape index (κ1) is 8.97. The highest BCUT2D eigenvalue weighted by atomic mass is 16.5.